The fourth-order valence-electron chi connectivity index (χ4n) is 2.33. The van der Waals surface area contributed by atoms with E-state index in [2.05, 4.69) is 37.5 Å². The minimum Gasteiger partial charge on any atom is -0.480 e. The van der Waals surface area contributed by atoms with Crippen molar-refractivity contribution in [3.63, 3.8) is 0 Å². The van der Waals surface area contributed by atoms with E-state index in [0.717, 1.165) is 27.4 Å². The molecule has 0 aliphatic carbocycles. The lowest BCUT2D eigenvalue weighted by Crippen LogP contribution is -2.49. The van der Waals surface area contributed by atoms with E-state index in [1.165, 1.54) is 0 Å². The smallest absolute Gasteiger partial charge is 0.254 e. The molecule has 1 aliphatic heterocycles. The maximum atomic E-state index is 12.4. The van der Waals surface area contributed by atoms with E-state index in [4.69, 9.17) is 4.74 Å². The first kappa shape index (κ1) is 15.5. The summed E-state index contributed by atoms with van der Waals surface area (Å²) in [6.07, 6.45) is 3.31. The Morgan fingerprint density at radius 1 is 1.32 bits per heavy atom. The highest BCUT2D eigenvalue weighted by molar-refractivity contribution is 14.1. The van der Waals surface area contributed by atoms with Gasteiger partial charge in [0.2, 0.25) is 5.88 Å². The number of ether oxygens (including phenoxy) is 1. The molecule has 0 aromatic carbocycles. The lowest BCUT2D eigenvalue weighted by atomic mass is 10.2. The number of hydrogen-bond donors (Lipinski definition) is 0. The topological polar surface area (TPSA) is 58.6 Å². The molecule has 0 radical (unpaired) electrons. The van der Waals surface area contributed by atoms with Crippen LogP contribution in [0.2, 0.25) is 0 Å². The molecule has 0 N–H and O–H groups in total. The first-order valence-electron chi connectivity index (χ1n) is 6.81. The molecule has 0 atom stereocenters. The van der Waals surface area contributed by atoms with Gasteiger partial charge in [0.05, 0.1) is 28.0 Å². The number of carbonyl (C=O) groups excluding carboxylic acids is 1. The van der Waals surface area contributed by atoms with Crippen LogP contribution in [-0.2, 0) is 0 Å². The van der Waals surface area contributed by atoms with Crippen molar-refractivity contribution in [3.05, 3.63) is 32.3 Å². The van der Waals surface area contributed by atoms with Gasteiger partial charge in [-0.2, -0.15) is 4.98 Å². The Bertz CT molecular complexity index is 670. The lowest BCUT2D eigenvalue weighted by Gasteiger charge is -2.35. The fraction of sp³-hybridized carbons (Fsp3) is 0.357. The van der Waals surface area contributed by atoms with Gasteiger partial charge in [0.25, 0.3) is 5.91 Å². The number of anilines is 1. The van der Waals surface area contributed by atoms with Crippen molar-refractivity contribution in [1.29, 1.82) is 0 Å². The number of thiophene rings is 1. The molecule has 2 aromatic heterocycles. The van der Waals surface area contributed by atoms with Gasteiger partial charge in [0, 0.05) is 31.6 Å². The van der Waals surface area contributed by atoms with Gasteiger partial charge < -0.3 is 14.5 Å². The Morgan fingerprint density at radius 2 is 2.09 bits per heavy atom. The second-order valence-corrected chi connectivity index (χ2v) is 7.64. The van der Waals surface area contributed by atoms with E-state index in [1.54, 1.807) is 30.8 Å². The summed E-state index contributed by atoms with van der Waals surface area (Å²) in [7, 11) is 1.58. The van der Waals surface area contributed by atoms with Crippen LogP contribution in [0.3, 0.4) is 0 Å². The number of rotatable bonds is 3. The third-order valence-corrected chi connectivity index (χ3v) is 5.30. The van der Waals surface area contributed by atoms with E-state index in [0.29, 0.717) is 19.0 Å². The van der Waals surface area contributed by atoms with Crippen molar-refractivity contribution < 1.29 is 9.53 Å². The Labute approximate surface area is 146 Å². The molecule has 1 amide bonds. The fourth-order valence-corrected chi connectivity index (χ4v) is 3.65. The SMILES string of the molecule is COc1cncc(N2CCN(C(=O)c3csc(I)c3)CC2)n1. The van der Waals surface area contributed by atoms with Crippen LogP contribution < -0.4 is 9.64 Å². The predicted octanol–water partition coefficient (Wildman–Crippen LogP) is 2.11. The van der Waals surface area contributed by atoms with Gasteiger partial charge in [-0.1, -0.05) is 0 Å². The number of nitrogens with zero attached hydrogens (tertiary/aromatic N) is 4. The summed E-state index contributed by atoms with van der Waals surface area (Å²) >= 11 is 3.83. The maximum Gasteiger partial charge on any atom is 0.254 e. The molecule has 3 heterocycles. The molecular formula is C14H15IN4O2S. The summed E-state index contributed by atoms with van der Waals surface area (Å²) in [6, 6.07) is 1.94. The highest BCUT2D eigenvalue weighted by Gasteiger charge is 2.23. The maximum absolute atomic E-state index is 12.4. The first-order valence-corrected chi connectivity index (χ1v) is 8.77. The van der Waals surface area contributed by atoms with Gasteiger partial charge >= 0.3 is 0 Å². The largest absolute Gasteiger partial charge is 0.480 e. The van der Waals surface area contributed by atoms with Crippen molar-refractivity contribution in [2.24, 2.45) is 0 Å². The second-order valence-electron chi connectivity index (χ2n) is 4.84. The number of hydrogen-bond acceptors (Lipinski definition) is 6. The molecular weight excluding hydrogens is 415 g/mol. The third kappa shape index (κ3) is 3.32. The molecule has 0 unspecified atom stereocenters. The molecule has 1 saturated heterocycles. The molecule has 0 saturated carbocycles. The van der Waals surface area contributed by atoms with E-state index in [1.807, 2.05) is 16.3 Å². The van der Waals surface area contributed by atoms with Gasteiger partial charge in [-0.05, 0) is 28.7 Å². The monoisotopic (exact) mass is 430 g/mol. The molecule has 1 aliphatic rings. The molecule has 0 bridgehead atoms. The molecule has 8 heteroatoms. The molecule has 0 spiro atoms. The van der Waals surface area contributed by atoms with E-state index >= 15 is 0 Å². The second kappa shape index (κ2) is 6.78. The minimum absolute atomic E-state index is 0.107. The number of methoxy groups -OCH3 is 1. The average Bonchev–Trinajstić information content (AvgIpc) is 3.01. The molecule has 6 nitrogen and oxygen atoms in total. The Hall–Kier alpha value is -1.42. The number of aromatic nitrogens is 2. The molecule has 2 aromatic rings. The van der Waals surface area contributed by atoms with Crippen LogP contribution in [0.15, 0.2) is 23.8 Å². The standard InChI is InChI=1S/C14H15IN4O2S/c1-21-13-8-16-7-12(17-13)18-2-4-19(5-3-18)14(20)10-6-11(15)22-9-10/h6-9H,2-5H2,1H3. The van der Waals surface area contributed by atoms with Gasteiger partial charge in [-0.15, -0.1) is 11.3 Å². The van der Waals surface area contributed by atoms with Crippen molar-refractivity contribution >= 4 is 45.7 Å². The average molecular weight is 430 g/mol. The Morgan fingerprint density at radius 3 is 2.73 bits per heavy atom. The highest BCUT2D eigenvalue weighted by atomic mass is 127. The Kier molecular flexibility index (Phi) is 4.77. The zero-order valence-corrected chi connectivity index (χ0v) is 15.0. The molecule has 1 fully saturated rings. The van der Waals surface area contributed by atoms with Gasteiger partial charge in [-0.25, -0.2) is 0 Å². The number of amides is 1. The van der Waals surface area contributed by atoms with Crippen LogP contribution in [0, 0.1) is 2.88 Å². The Balaban J connectivity index is 1.63. The summed E-state index contributed by atoms with van der Waals surface area (Å²) in [5.41, 5.74) is 0.782. The van der Waals surface area contributed by atoms with Crippen LogP contribution in [0.1, 0.15) is 10.4 Å². The van der Waals surface area contributed by atoms with E-state index in [9.17, 15) is 4.79 Å². The van der Waals surface area contributed by atoms with E-state index in [-0.39, 0.29) is 5.91 Å². The van der Waals surface area contributed by atoms with Crippen LogP contribution in [0.5, 0.6) is 5.88 Å². The predicted molar refractivity (Wildman–Crippen MR) is 93.7 cm³/mol. The van der Waals surface area contributed by atoms with Crippen LogP contribution >= 0.6 is 33.9 Å². The lowest BCUT2D eigenvalue weighted by molar-refractivity contribution is 0.0747. The number of carbonyl (C=O) groups is 1. The molecule has 116 valence electrons. The van der Waals surface area contributed by atoms with Gasteiger partial charge in [-0.3, -0.25) is 9.78 Å². The van der Waals surface area contributed by atoms with Crippen molar-refractivity contribution in [1.82, 2.24) is 14.9 Å². The molecule has 22 heavy (non-hydrogen) atoms. The third-order valence-electron chi connectivity index (χ3n) is 3.51. The zero-order valence-electron chi connectivity index (χ0n) is 12.0. The van der Waals surface area contributed by atoms with Gasteiger partial charge in [0.15, 0.2) is 5.82 Å². The zero-order chi connectivity index (χ0) is 15.5. The van der Waals surface area contributed by atoms with Crippen LogP contribution in [0.4, 0.5) is 5.82 Å². The van der Waals surface area contributed by atoms with Crippen molar-refractivity contribution in [2.75, 3.05) is 38.2 Å². The van der Waals surface area contributed by atoms with E-state index < -0.39 is 0 Å². The number of piperazine rings is 1. The normalized spacial score (nSPS) is 15.0. The minimum atomic E-state index is 0.107. The summed E-state index contributed by atoms with van der Waals surface area (Å²) in [5, 5.41) is 1.92. The van der Waals surface area contributed by atoms with Gasteiger partial charge in [0.1, 0.15) is 0 Å². The van der Waals surface area contributed by atoms with Crippen LogP contribution in [0.25, 0.3) is 0 Å². The van der Waals surface area contributed by atoms with Crippen molar-refractivity contribution in [3.8, 4) is 5.88 Å². The quantitative estimate of drug-likeness (QED) is 0.699. The molecule has 3 rings (SSSR count). The number of halogens is 1. The summed E-state index contributed by atoms with van der Waals surface area (Å²) in [5.74, 6) is 1.40. The van der Waals surface area contributed by atoms with Crippen molar-refractivity contribution in [2.45, 2.75) is 0 Å². The summed E-state index contributed by atoms with van der Waals surface area (Å²) in [4.78, 5) is 24.9. The first-order chi connectivity index (χ1) is 10.7. The summed E-state index contributed by atoms with van der Waals surface area (Å²) < 4.78 is 6.23. The highest BCUT2D eigenvalue weighted by Crippen LogP contribution is 2.20. The van der Waals surface area contributed by atoms with Crippen LogP contribution in [-0.4, -0.2) is 54.1 Å². The summed E-state index contributed by atoms with van der Waals surface area (Å²) in [6.45, 7) is 2.86.